The monoisotopic (exact) mass is 405 g/mol. The zero-order valence-electron chi connectivity index (χ0n) is 14.4. The predicted molar refractivity (Wildman–Crippen MR) is 98.6 cm³/mol. The van der Waals surface area contributed by atoms with Gasteiger partial charge in [-0.2, -0.15) is 0 Å². The van der Waals surface area contributed by atoms with E-state index in [1.165, 1.54) is 13.2 Å². The first-order chi connectivity index (χ1) is 11.9. The Morgan fingerprint density at radius 2 is 1.72 bits per heavy atom. The molecule has 1 N–H and O–H groups in total. The van der Waals surface area contributed by atoms with Gasteiger partial charge in [0.2, 0.25) is 0 Å². The van der Waals surface area contributed by atoms with Crippen LogP contribution in [-0.2, 0) is 19.1 Å². The number of esters is 2. The van der Waals surface area contributed by atoms with Crippen LogP contribution >= 0.6 is 15.9 Å². The smallest absolute Gasteiger partial charge is 0.337 e. The van der Waals surface area contributed by atoms with Gasteiger partial charge >= 0.3 is 11.9 Å². The van der Waals surface area contributed by atoms with Crippen molar-refractivity contribution < 1.29 is 19.1 Å². The summed E-state index contributed by atoms with van der Waals surface area (Å²) in [5.74, 6) is -1.55. The van der Waals surface area contributed by atoms with Gasteiger partial charge in [0.15, 0.2) is 0 Å². The van der Waals surface area contributed by atoms with Crippen molar-refractivity contribution in [3.63, 3.8) is 0 Å². The topological polar surface area (TPSA) is 64.6 Å². The molecule has 25 heavy (non-hydrogen) atoms. The molecule has 1 aliphatic rings. The summed E-state index contributed by atoms with van der Waals surface area (Å²) in [7, 11) is 1.32. The van der Waals surface area contributed by atoms with Crippen molar-refractivity contribution in [2.24, 2.45) is 0 Å². The number of benzene rings is 1. The number of nitrogens with one attached hydrogen (secondary N) is 1. The van der Waals surface area contributed by atoms with Gasteiger partial charge in [-0.15, -0.1) is 0 Å². The third-order valence-electron chi connectivity index (χ3n) is 3.92. The number of hydrogen-bond donors (Lipinski definition) is 1. The number of halogens is 1. The standard InChI is InChI=1S/C19H20BrNO4/c1-5-10-25-19(23)16-12(3)21-11(2)15(18(22)24-4)17(16)13-6-8-14(20)9-7-13/h5-9,17,21H,1,10H2,2-4H3/t17-/m0/s1. The lowest BCUT2D eigenvalue weighted by atomic mass is 9.80. The third-order valence-corrected chi connectivity index (χ3v) is 4.45. The summed E-state index contributed by atoms with van der Waals surface area (Å²) in [6.07, 6.45) is 1.50. The lowest BCUT2D eigenvalue weighted by Crippen LogP contribution is -2.32. The van der Waals surface area contributed by atoms with Gasteiger partial charge in [0, 0.05) is 15.9 Å². The fraction of sp³-hybridized carbons (Fsp3) is 0.263. The quantitative estimate of drug-likeness (QED) is 0.598. The molecule has 1 aromatic carbocycles. The van der Waals surface area contributed by atoms with Gasteiger partial charge in [-0.05, 0) is 31.5 Å². The molecular weight excluding hydrogens is 386 g/mol. The summed E-state index contributed by atoms with van der Waals surface area (Å²) in [5.41, 5.74) is 2.87. The summed E-state index contributed by atoms with van der Waals surface area (Å²) in [6.45, 7) is 7.22. The van der Waals surface area contributed by atoms with Crippen LogP contribution in [0.15, 0.2) is 63.9 Å². The molecule has 0 bridgehead atoms. The number of rotatable bonds is 5. The second kappa shape index (κ2) is 8.16. The SMILES string of the molecule is C=CCOC(=O)C1=C(C)NC(C)=C(C(=O)OC)[C@@H]1c1ccc(Br)cc1. The lowest BCUT2D eigenvalue weighted by Gasteiger charge is -2.30. The maximum atomic E-state index is 12.6. The Hall–Kier alpha value is -2.34. The molecule has 0 radical (unpaired) electrons. The molecule has 0 aliphatic carbocycles. The first-order valence-corrected chi connectivity index (χ1v) is 8.50. The summed E-state index contributed by atoms with van der Waals surface area (Å²) >= 11 is 3.40. The van der Waals surface area contributed by atoms with Gasteiger partial charge in [0.1, 0.15) is 6.61 Å². The van der Waals surface area contributed by atoms with Gasteiger partial charge < -0.3 is 14.8 Å². The van der Waals surface area contributed by atoms with Gasteiger partial charge in [0.25, 0.3) is 0 Å². The van der Waals surface area contributed by atoms with Crippen LogP contribution in [0.3, 0.4) is 0 Å². The van der Waals surface area contributed by atoms with Gasteiger partial charge in [-0.25, -0.2) is 9.59 Å². The van der Waals surface area contributed by atoms with E-state index in [1.54, 1.807) is 13.8 Å². The average Bonchev–Trinajstić information content (AvgIpc) is 2.59. The van der Waals surface area contributed by atoms with Crippen LogP contribution in [0.25, 0.3) is 0 Å². The zero-order valence-corrected chi connectivity index (χ0v) is 16.0. The largest absolute Gasteiger partial charge is 0.466 e. The summed E-state index contributed by atoms with van der Waals surface area (Å²) in [6, 6.07) is 7.46. The minimum absolute atomic E-state index is 0.0962. The first-order valence-electron chi connectivity index (χ1n) is 7.71. The Balaban J connectivity index is 2.60. The highest BCUT2D eigenvalue weighted by Crippen LogP contribution is 2.39. The molecule has 0 fully saturated rings. The molecule has 2 rings (SSSR count). The van der Waals surface area contributed by atoms with E-state index in [0.717, 1.165) is 10.0 Å². The van der Waals surface area contributed by atoms with E-state index in [2.05, 4.69) is 27.8 Å². The molecular formula is C19H20BrNO4. The molecule has 1 aromatic rings. The normalized spacial score (nSPS) is 17.0. The number of allylic oxidation sites excluding steroid dienone is 2. The van der Waals surface area contributed by atoms with Gasteiger partial charge in [-0.1, -0.05) is 40.7 Å². The summed E-state index contributed by atoms with van der Waals surface area (Å²) < 4.78 is 11.1. The van der Waals surface area contributed by atoms with Crippen LogP contribution in [-0.4, -0.2) is 25.7 Å². The maximum absolute atomic E-state index is 12.6. The van der Waals surface area contributed by atoms with Crippen LogP contribution in [0.2, 0.25) is 0 Å². The maximum Gasteiger partial charge on any atom is 0.337 e. The fourth-order valence-corrected chi connectivity index (χ4v) is 3.11. The van der Waals surface area contributed by atoms with E-state index in [0.29, 0.717) is 22.5 Å². The van der Waals surface area contributed by atoms with Crippen molar-refractivity contribution in [2.75, 3.05) is 13.7 Å². The van der Waals surface area contributed by atoms with Crippen LogP contribution < -0.4 is 5.32 Å². The zero-order chi connectivity index (χ0) is 18.6. The van der Waals surface area contributed by atoms with Crippen molar-refractivity contribution in [2.45, 2.75) is 19.8 Å². The summed E-state index contributed by atoms with van der Waals surface area (Å²) in [5, 5.41) is 3.09. The molecule has 0 amide bonds. The van der Waals surface area contributed by atoms with Crippen molar-refractivity contribution in [3.05, 3.63) is 69.5 Å². The third kappa shape index (κ3) is 4.02. The van der Waals surface area contributed by atoms with Crippen LogP contribution in [0.4, 0.5) is 0 Å². The average molecular weight is 406 g/mol. The number of ether oxygens (including phenoxy) is 2. The molecule has 0 spiro atoms. The number of dihydropyridines is 1. The van der Waals surface area contributed by atoms with Crippen molar-refractivity contribution >= 4 is 27.9 Å². The molecule has 1 atom stereocenters. The van der Waals surface area contributed by atoms with Crippen LogP contribution in [0.1, 0.15) is 25.3 Å². The number of carbonyl (C=O) groups excluding carboxylic acids is 2. The Labute approximate surface area is 155 Å². The highest BCUT2D eigenvalue weighted by Gasteiger charge is 2.37. The molecule has 0 saturated carbocycles. The predicted octanol–water partition coefficient (Wildman–Crippen LogP) is 3.59. The minimum atomic E-state index is -0.570. The lowest BCUT2D eigenvalue weighted by molar-refractivity contribution is -0.138. The van der Waals surface area contributed by atoms with Crippen LogP contribution in [0, 0.1) is 0 Å². The number of hydrogen-bond acceptors (Lipinski definition) is 5. The summed E-state index contributed by atoms with van der Waals surface area (Å²) in [4.78, 5) is 25.0. The van der Waals surface area contributed by atoms with Crippen molar-refractivity contribution in [1.82, 2.24) is 5.32 Å². The molecule has 132 valence electrons. The van der Waals surface area contributed by atoms with E-state index >= 15 is 0 Å². The number of carbonyl (C=O) groups is 2. The first kappa shape index (κ1) is 19.0. The Morgan fingerprint density at radius 3 is 2.24 bits per heavy atom. The Bertz CT molecular complexity index is 762. The molecule has 0 aromatic heterocycles. The van der Waals surface area contributed by atoms with Gasteiger partial charge in [0.05, 0.1) is 24.2 Å². The second-order valence-electron chi connectivity index (χ2n) is 5.57. The molecule has 6 heteroatoms. The Morgan fingerprint density at radius 1 is 1.16 bits per heavy atom. The van der Waals surface area contributed by atoms with E-state index in [-0.39, 0.29) is 6.61 Å². The highest BCUT2D eigenvalue weighted by atomic mass is 79.9. The fourth-order valence-electron chi connectivity index (χ4n) is 2.85. The molecule has 0 unspecified atom stereocenters. The van der Waals surface area contributed by atoms with E-state index in [9.17, 15) is 9.59 Å². The second-order valence-corrected chi connectivity index (χ2v) is 6.48. The van der Waals surface area contributed by atoms with E-state index in [1.807, 2.05) is 24.3 Å². The van der Waals surface area contributed by atoms with Crippen molar-refractivity contribution in [1.29, 1.82) is 0 Å². The van der Waals surface area contributed by atoms with Crippen LogP contribution in [0.5, 0.6) is 0 Å². The van der Waals surface area contributed by atoms with Gasteiger partial charge in [-0.3, -0.25) is 0 Å². The molecule has 5 nitrogen and oxygen atoms in total. The molecule has 1 heterocycles. The molecule has 0 saturated heterocycles. The van der Waals surface area contributed by atoms with Crippen molar-refractivity contribution in [3.8, 4) is 0 Å². The van der Waals surface area contributed by atoms with E-state index < -0.39 is 17.9 Å². The van der Waals surface area contributed by atoms with E-state index in [4.69, 9.17) is 9.47 Å². The molecule has 1 aliphatic heterocycles. The minimum Gasteiger partial charge on any atom is -0.466 e. The number of methoxy groups -OCH3 is 1. The Kier molecular flexibility index (Phi) is 6.20. The highest BCUT2D eigenvalue weighted by molar-refractivity contribution is 9.10.